The van der Waals surface area contributed by atoms with Crippen LogP contribution in [-0.4, -0.2) is 17.0 Å². The zero-order chi connectivity index (χ0) is 18.4. The van der Waals surface area contributed by atoms with E-state index in [1.807, 2.05) is 54.6 Å². The molecule has 1 amide bonds. The number of para-hydroxylation sites is 2. The van der Waals surface area contributed by atoms with E-state index in [-0.39, 0.29) is 17.7 Å². The van der Waals surface area contributed by atoms with Crippen LogP contribution in [-0.2, 0) is 16.2 Å². The maximum Gasteiger partial charge on any atom is 0.306 e. The van der Waals surface area contributed by atoms with Gasteiger partial charge in [-0.25, -0.2) is 0 Å². The summed E-state index contributed by atoms with van der Waals surface area (Å²) in [5.41, 5.74) is 1.65. The summed E-state index contributed by atoms with van der Waals surface area (Å²) in [5.74, 6) is -0.465. The Hall–Kier alpha value is -2.82. The second kappa shape index (κ2) is 8.52. The van der Waals surface area contributed by atoms with Crippen molar-refractivity contribution in [2.75, 3.05) is 5.32 Å². The van der Waals surface area contributed by atoms with Crippen molar-refractivity contribution in [2.24, 2.45) is 11.8 Å². The first-order valence-electron chi connectivity index (χ1n) is 8.93. The first-order chi connectivity index (χ1) is 12.6. The maximum atomic E-state index is 12.6. The average molecular weight is 353 g/mol. The molecular weight excluding hydrogens is 330 g/mol. The number of nitrogens with one attached hydrogen (secondary N) is 1. The molecule has 0 atom stereocenters. The molecule has 1 fully saturated rings. The van der Waals surface area contributed by atoms with Crippen molar-refractivity contribution in [2.45, 2.75) is 32.3 Å². The van der Waals surface area contributed by atoms with E-state index in [2.05, 4.69) is 5.32 Å². The fraction of sp³-hybridized carbons (Fsp3) is 0.333. The highest BCUT2D eigenvalue weighted by molar-refractivity contribution is 5.93. The standard InChI is InChI=1S/C21H23NO4/c23-20(15-10-12-16(13-11-15)21(24)25)22-19-9-5-4-6-17(19)14-26-18-7-2-1-3-8-18/h1-9,15-16H,10-14H2,(H,22,23)(H,24,25). The minimum Gasteiger partial charge on any atom is -0.489 e. The molecule has 0 bridgehead atoms. The van der Waals surface area contributed by atoms with Gasteiger partial charge in [0.1, 0.15) is 12.4 Å². The first-order valence-corrected chi connectivity index (χ1v) is 8.93. The molecule has 0 unspecified atom stereocenters. The summed E-state index contributed by atoms with van der Waals surface area (Å²) in [6.45, 7) is 0.367. The van der Waals surface area contributed by atoms with E-state index in [1.165, 1.54) is 0 Å². The Labute approximate surface area is 153 Å². The van der Waals surface area contributed by atoms with Crippen LogP contribution in [0.5, 0.6) is 5.75 Å². The smallest absolute Gasteiger partial charge is 0.306 e. The monoisotopic (exact) mass is 353 g/mol. The number of carboxylic acid groups (broad SMARTS) is 1. The highest BCUT2D eigenvalue weighted by Gasteiger charge is 2.29. The summed E-state index contributed by atoms with van der Waals surface area (Å²) in [5, 5.41) is 12.1. The van der Waals surface area contributed by atoms with E-state index < -0.39 is 5.97 Å². The minimum atomic E-state index is -0.757. The molecule has 0 heterocycles. The van der Waals surface area contributed by atoms with Crippen LogP contribution in [0.2, 0.25) is 0 Å². The van der Waals surface area contributed by atoms with E-state index in [0.717, 1.165) is 17.0 Å². The maximum absolute atomic E-state index is 12.6. The fourth-order valence-electron chi connectivity index (χ4n) is 3.28. The average Bonchev–Trinajstić information content (AvgIpc) is 2.68. The highest BCUT2D eigenvalue weighted by atomic mass is 16.5. The second-order valence-electron chi connectivity index (χ2n) is 6.63. The summed E-state index contributed by atoms with van der Waals surface area (Å²) in [6.07, 6.45) is 2.36. The van der Waals surface area contributed by atoms with Gasteiger partial charge in [0.2, 0.25) is 5.91 Å². The molecule has 0 saturated heterocycles. The summed E-state index contributed by atoms with van der Waals surface area (Å²) in [7, 11) is 0. The lowest BCUT2D eigenvalue weighted by molar-refractivity contribution is -0.143. The zero-order valence-electron chi connectivity index (χ0n) is 14.6. The van der Waals surface area contributed by atoms with E-state index in [1.54, 1.807) is 0 Å². The van der Waals surface area contributed by atoms with Crippen molar-refractivity contribution in [1.29, 1.82) is 0 Å². The van der Waals surface area contributed by atoms with Crippen LogP contribution >= 0.6 is 0 Å². The molecule has 0 aromatic heterocycles. The number of carbonyl (C=O) groups excluding carboxylic acids is 1. The molecule has 3 rings (SSSR count). The predicted octanol–water partition coefficient (Wildman–Crippen LogP) is 4.10. The number of rotatable bonds is 6. The minimum absolute atomic E-state index is 0.0407. The molecule has 1 aliphatic rings. The van der Waals surface area contributed by atoms with Crippen molar-refractivity contribution in [3.63, 3.8) is 0 Å². The number of carboxylic acids is 1. The summed E-state index contributed by atoms with van der Waals surface area (Å²) in [6, 6.07) is 17.1. The lowest BCUT2D eigenvalue weighted by Gasteiger charge is -2.25. The van der Waals surface area contributed by atoms with Crippen LogP contribution in [0.25, 0.3) is 0 Å². The number of anilines is 1. The fourth-order valence-corrected chi connectivity index (χ4v) is 3.28. The molecule has 2 aromatic carbocycles. The van der Waals surface area contributed by atoms with Gasteiger partial charge in [0, 0.05) is 17.2 Å². The van der Waals surface area contributed by atoms with Gasteiger partial charge in [0.15, 0.2) is 0 Å². The van der Waals surface area contributed by atoms with Crippen LogP contribution in [0.1, 0.15) is 31.2 Å². The number of benzene rings is 2. The molecule has 1 aliphatic carbocycles. The van der Waals surface area contributed by atoms with Crippen molar-refractivity contribution in [3.8, 4) is 5.75 Å². The molecule has 136 valence electrons. The number of hydrogen-bond donors (Lipinski definition) is 2. The number of amides is 1. The van der Waals surface area contributed by atoms with Crippen molar-refractivity contribution in [1.82, 2.24) is 0 Å². The van der Waals surface area contributed by atoms with Crippen molar-refractivity contribution in [3.05, 3.63) is 60.2 Å². The lowest BCUT2D eigenvalue weighted by atomic mass is 9.81. The Morgan fingerprint density at radius 3 is 2.23 bits per heavy atom. The van der Waals surface area contributed by atoms with Gasteiger partial charge in [-0.2, -0.15) is 0 Å². The number of hydrogen-bond acceptors (Lipinski definition) is 3. The van der Waals surface area contributed by atoms with Gasteiger partial charge in [-0.05, 0) is 43.9 Å². The van der Waals surface area contributed by atoms with Crippen LogP contribution in [0.4, 0.5) is 5.69 Å². The number of aliphatic carboxylic acids is 1. The van der Waals surface area contributed by atoms with Gasteiger partial charge < -0.3 is 15.2 Å². The molecule has 2 aromatic rings. The Morgan fingerprint density at radius 1 is 0.923 bits per heavy atom. The Morgan fingerprint density at radius 2 is 1.54 bits per heavy atom. The molecule has 26 heavy (non-hydrogen) atoms. The third kappa shape index (κ3) is 4.63. The predicted molar refractivity (Wildman–Crippen MR) is 98.9 cm³/mol. The van der Waals surface area contributed by atoms with Crippen molar-refractivity contribution >= 4 is 17.6 Å². The van der Waals surface area contributed by atoms with E-state index in [4.69, 9.17) is 9.84 Å². The first kappa shape index (κ1) is 18.0. The van der Waals surface area contributed by atoms with E-state index >= 15 is 0 Å². The summed E-state index contributed by atoms with van der Waals surface area (Å²) < 4.78 is 5.78. The highest BCUT2D eigenvalue weighted by Crippen LogP contribution is 2.30. The Bertz CT molecular complexity index is 752. The van der Waals surface area contributed by atoms with E-state index in [0.29, 0.717) is 32.3 Å². The third-order valence-electron chi connectivity index (χ3n) is 4.86. The second-order valence-corrected chi connectivity index (χ2v) is 6.63. The third-order valence-corrected chi connectivity index (χ3v) is 4.86. The largest absolute Gasteiger partial charge is 0.489 e. The quantitative estimate of drug-likeness (QED) is 0.820. The summed E-state index contributed by atoms with van der Waals surface area (Å²) in [4.78, 5) is 23.6. The molecule has 5 heteroatoms. The molecule has 1 saturated carbocycles. The Balaban J connectivity index is 1.59. The van der Waals surface area contributed by atoms with Crippen molar-refractivity contribution < 1.29 is 19.4 Å². The van der Waals surface area contributed by atoms with Gasteiger partial charge in [-0.15, -0.1) is 0 Å². The van der Waals surface area contributed by atoms with Crippen LogP contribution < -0.4 is 10.1 Å². The van der Waals surface area contributed by atoms with Gasteiger partial charge in [-0.3, -0.25) is 9.59 Å². The van der Waals surface area contributed by atoms with Crippen LogP contribution in [0.3, 0.4) is 0 Å². The molecular formula is C21H23NO4. The van der Waals surface area contributed by atoms with Gasteiger partial charge >= 0.3 is 5.97 Å². The number of ether oxygens (including phenoxy) is 1. The topological polar surface area (TPSA) is 75.6 Å². The van der Waals surface area contributed by atoms with Crippen LogP contribution in [0.15, 0.2) is 54.6 Å². The molecule has 0 radical (unpaired) electrons. The van der Waals surface area contributed by atoms with Crippen LogP contribution in [0, 0.1) is 11.8 Å². The van der Waals surface area contributed by atoms with E-state index in [9.17, 15) is 9.59 Å². The molecule has 0 aliphatic heterocycles. The normalized spacial score (nSPS) is 19.5. The molecule has 5 nitrogen and oxygen atoms in total. The molecule has 0 spiro atoms. The van der Waals surface area contributed by atoms with Gasteiger partial charge in [0.25, 0.3) is 0 Å². The van der Waals surface area contributed by atoms with Gasteiger partial charge in [0.05, 0.1) is 5.92 Å². The SMILES string of the molecule is O=C(O)C1CCC(C(=O)Nc2ccccc2COc2ccccc2)CC1. The zero-order valence-corrected chi connectivity index (χ0v) is 14.6. The number of carbonyl (C=O) groups is 2. The molecule has 2 N–H and O–H groups in total. The van der Waals surface area contributed by atoms with Gasteiger partial charge in [-0.1, -0.05) is 36.4 Å². The Kier molecular flexibility index (Phi) is 5.89. The lowest BCUT2D eigenvalue weighted by Crippen LogP contribution is -2.29. The summed E-state index contributed by atoms with van der Waals surface area (Å²) >= 11 is 0.